The number of hydrogen-bond acceptors (Lipinski definition) is 2. The largest absolute Gasteiger partial charge is 0.312 e. The summed E-state index contributed by atoms with van der Waals surface area (Å²) in [6, 6.07) is 0. The van der Waals surface area contributed by atoms with Crippen LogP contribution in [-0.4, -0.2) is 25.2 Å². The normalized spacial score (nSPS) is 12.5. The number of alkyl halides is 1. The van der Waals surface area contributed by atoms with Gasteiger partial charge in [-0.3, -0.25) is 4.68 Å². The average Bonchev–Trinajstić information content (AvgIpc) is 2.78. The van der Waals surface area contributed by atoms with Crippen molar-refractivity contribution in [1.29, 1.82) is 0 Å². The highest BCUT2D eigenvalue weighted by Gasteiger charge is 2.21. The fourth-order valence-electron chi connectivity index (χ4n) is 2.44. The summed E-state index contributed by atoms with van der Waals surface area (Å²) < 4.78 is 4.23. The van der Waals surface area contributed by atoms with Gasteiger partial charge in [0.25, 0.3) is 0 Å². The first-order chi connectivity index (χ1) is 8.87. The predicted octanol–water partition coefficient (Wildman–Crippen LogP) is 3.16. The van der Waals surface area contributed by atoms with Crippen molar-refractivity contribution >= 4 is 22.8 Å². The van der Waals surface area contributed by atoms with E-state index in [9.17, 15) is 0 Å². The molecule has 0 fully saturated rings. The van der Waals surface area contributed by atoms with E-state index in [1.165, 1.54) is 0 Å². The van der Waals surface area contributed by atoms with Gasteiger partial charge in [-0.2, -0.15) is 5.10 Å². The van der Waals surface area contributed by atoms with Crippen LogP contribution in [0.4, 0.5) is 0 Å². The summed E-state index contributed by atoms with van der Waals surface area (Å²) in [4.78, 5) is 4.77. The quantitative estimate of drug-likeness (QED) is 0.808. The van der Waals surface area contributed by atoms with Gasteiger partial charge >= 0.3 is 0 Å². The maximum atomic E-state index is 5.91. The minimum Gasteiger partial charge on any atom is -0.312 e. The van der Waals surface area contributed by atoms with Crippen LogP contribution in [-0.2, 0) is 26.4 Å². The standard InChI is InChI=1S/C14H23ClN4/c1-6-10-12-13(18(5)17-10)19(9-14(2,3)4)11(16-12)7-8-15/h6-9H2,1-5H3. The summed E-state index contributed by atoms with van der Waals surface area (Å²) in [5.41, 5.74) is 3.42. The number of aromatic nitrogens is 4. The van der Waals surface area contributed by atoms with Gasteiger partial charge in [0.15, 0.2) is 5.65 Å². The van der Waals surface area contributed by atoms with Gasteiger partial charge in [0.05, 0.1) is 5.69 Å². The zero-order valence-electron chi connectivity index (χ0n) is 12.5. The SMILES string of the molecule is CCc1nn(C)c2c1nc(CCCl)n2CC(C)(C)C. The summed E-state index contributed by atoms with van der Waals surface area (Å²) >= 11 is 5.91. The zero-order chi connectivity index (χ0) is 14.2. The molecule has 5 heteroatoms. The number of aryl methyl sites for hydroxylation is 3. The molecular formula is C14H23ClN4. The van der Waals surface area contributed by atoms with Crippen molar-refractivity contribution in [3.63, 3.8) is 0 Å². The molecule has 0 N–H and O–H groups in total. The molecule has 0 spiro atoms. The Balaban J connectivity index is 2.62. The molecule has 4 nitrogen and oxygen atoms in total. The van der Waals surface area contributed by atoms with Crippen LogP contribution in [0.1, 0.15) is 39.2 Å². The molecule has 2 rings (SSSR count). The van der Waals surface area contributed by atoms with Crippen molar-refractivity contribution < 1.29 is 0 Å². The molecule has 0 aliphatic carbocycles. The minimum absolute atomic E-state index is 0.200. The first kappa shape index (κ1) is 14.4. The third-order valence-electron chi connectivity index (χ3n) is 3.16. The van der Waals surface area contributed by atoms with Gasteiger partial charge < -0.3 is 4.57 Å². The van der Waals surface area contributed by atoms with E-state index < -0.39 is 0 Å². The van der Waals surface area contributed by atoms with Crippen molar-refractivity contribution in [2.75, 3.05) is 5.88 Å². The highest BCUT2D eigenvalue weighted by atomic mass is 35.5. The zero-order valence-corrected chi connectivity index (χ0v) is 13.3. The Kier molecular flexibility index (Phi) is 3.90. The molecule has 0 atom stereocenters. The molecule has 0 bridgehead atoms. The van der Waals surface area contributed by atoms with Crippen LogP contribution in [0.5, 0.6) is 0 Å². The second kappa shape index (κ2) is 5.16. The Morgan fingerprint density at radius 1 is 1.26 bits per heavy atom. The fourth-order valence-corrected chi connectivity index (χ4v) is 2.61. The van der Waals surface area contributed by atoms with E-state index in [2.05, 4.69) is 37.4 Å². The Labute approximate surface area is 119 Å². The predicted molar refractivity (Wildman–Crippen MR) is 79.8 cm³/mol. The first-order valence-electron chi connectivity index (χ1n) is 6.84. The van der Waals surface area contributed by atoms with Crippen LogP contribution in [0.25, 0.3) is 11.2 Å². The van der Waals surface area contributed by atoms with Crippen molar-refractivity contribution in [2.45, 2.75) is 47.1 Å². The van der Waals surface area contributed by atoms with Crippen LogP contribution in [0.3, 0.4) is 0 Å². The monoisotopic (exact) mass is 282 g/mol. The minimum atomic E-state index is 0.200. The summed E-state index contributed by atoms with van der Waals surface area (Å²) in [7, 11) is 1.99. The molecule has 2 heterocycles. The van der Waals surface area contributed by atoms with Gasteiger partial charge in [-0.05, 0) is 11.8 Å². The first-order valence-corrected chi connectivity index (χ1v) is 7.37. The number of rotatable bonds is 4. The Hall–Kier alpha value is -1.03. The van der Waals surface area contributed by atoms with Crippen molar-refractivity contribution in [3.05, 3.63) is 11.5 Å². The second-order valence-corrected chi connectivity index (χ2v) is 6.59. The maximum Gasteiger partial charge on any atom is 0.158 e. The molecule has 0 saturated heterocycles. The van der Waals surface area contributed by atoms with Crippen LogP contribution in [0.15, 0.2) is 0 Å². The molecule has 0 amide bonds. The van der Waals surface area contributed by atoms with Gasteiger partial charge in [-0.1, -0.05) is 27.7 Å². The lowest BCUT2D eigenvalue weighted by Gasteiger charge is -2.21. The molecule has 19 heavy (non-hydrogen) atoms. The second-order valence-electron chi connectivity index (χ2n) is 6.21. The molecule has 2 aromatic heterocycles. The lowest BCUT2D eigenvalue weighted by Crippen LogP contribution is -2.19. The van der Waals surface area contributed by atoms with Gasteiger partial charge in [-0.15, -0.1) is 11.6 Å². The summed E-state index contributed by atoms with van der Waals surface area (Å²) in [5, 5.41) is 4.56. The number of imidazole rings is 1. The third kappa shape index (κ3) is 2.78. The van der Waals surface area contributed by atoms with E-state index in [4.69, 9.17) is 16.6 Å². The van der Waals surface area contributed by atoms with Crippen LogP contribution in [0.2, 0.25) is 0 Å². The average molecular weight is 283 g/mol. The molecule has 2 aromatic rings. The lowest BCUT2D eigenvalue weighted by molar-refractivity contribution is 0.341. The Morgan fingerprint density at radius 3 is 2.47 bits per heavy atom. The van der Waals surface area contributed by atoms with E-state index in [1.54, 1.807) is 0 Å². The van der Waals surface area contributed by atoms with Gasteiger partial charge in [0.1, 0.15) is 11.3 Å². The van der Waals surface area contributed by atoms with Crippen LogP contribution in [0, 0.1) is 5.41 Å². The molecule has 0 unspecified atom stereocenters. The summed E-state index contributed by atoms with van der Waals surface area (Å²) in [5.74, 6) is 1.67. The molecular weight excluding hydrogens is 260 g/mol. The van der Waals surface area contributed by atoms with E-state index in [0.717, 1.165) is 42.1 Å². The lowest BCUT2D eigenvalue weighted by atomic mass is 9.97. The molecule has 106 valence electrons. The Morgan fingerprint density at radius 2 is 1.95 bits per heavy atom. The van der Waals surface area contributed by atoms with Gasteiger partial charge in [-0.25, -0.2) is 4.98 Å². The van der Waals surface area contributed by atoms with E-state index in [0.29, 0.717) is 5.88 Å². The number of hydrogen-bond donors (Lipinski definition) is 0. The van der Waals surface area contributed by atoms with Gasteiger partial charge in [0, 0.05) is 25.9 Å². The smallest absolute Gasteiger partial charge is 0.158 e. The highest BCUT2D eigenvalue weighted by molar-refractivity contribution is 6.17. The van der Waals surface area contributed by atoms with Crippen molar-refractivity contribution in [1.82, 2.24) is 19.3 Å². The number of fused-ring (bicyclic) bond motifs is 1. The maximum absolute atomic E-state index is 5.91. The molecule has 0 saturated carbocycles. The van der Waals surface area contributed by atoms with Crippen molar-refractivity contribution in [2.24, 2.45) is 12.5 Å². The van der Waals surface area contributed by atoms with E-state index >= 15 is 0 Å². The molecule has 0 aliphatic heterocycles. The van der Waals surface area contributed by atoms with Gasteiger partial charge in [0.2, 0.25) is 0 Å². The molecule has 0 radical (unpaired) electrons. The molecule has 0 aliphatic rings. The van der Waals surface area contributed by atoms with E-state index in [-0.39, 0.29) is 5.41 Å². The Bertz CT molecular complexity index is 574. The van der Waals surface area contributed by atoms with E-state index in [1.807, 2.05) is 11.7 Å². The van der Waals surface area contributed by atoms with Crippen LogP contribution >= 0.6 is 11.6 Å². The van der Waals surface area contributed by atoms with Crippen molar-refractivity contribution in [3.8, 4) is 0 Å². The highest BCUT2D eigenvalue weighted by Crippen LogP contribution is 2.25. The van der Waals surface area contributed by atoms with Crippen LogP contribution < -0.4 is 0 Å². The summed E-state index contributed by atoms with van der Waals surface area (Å²) in [6.07, 6.45) is 1.71. The molecule has 0 aromatic carbocycles. The fraction of sp³-hybridized carbons (Fsp3) is 0.714. The number of halogens is 1. The summed E-state index contributed by atoms with van der Waals surface area (Å²) in [6.45, 7) is 9.76. The topological polar surface area (TPSA) is 35.6 Å². The third-order valence-corrected chi connectivity index (χ3v) is 3.34. The number of nitrogens with zero attached hydrogens (tertiary/aromatic N) is 4.